The van der Waals surface area contributed by atoms with Gasteiger partial charge in [-0.2, -0.15) is 4.72 Å². The third-order valence-corrected chi connectivity index (χ3v) is 6.48. The van der Waals surface area contributed by atoms with Gasteiger partial charge in [0.15, 0.2) is 11.5 Å². The molecule has 0 aliphatic carbocycles. The second-order valence-corrected chi connectivity index (χ2v) is 10.3. The predicted octanol–water partition coefficient (Wildman–Crippen LogP) is 3.71. The number of sulfonamides is 1. The van der Waals surface area contributed by atoms with Gasteiger partial charge in [0.25, 0.3) is 0 Å². The van der Waals surface area contributed by atoms with Crippen LogP contribution in [-0.4, -0.2) is 39.7 Å². The Labute approximate surface area is 195 Å². The summed E-state index contributed by atoms with van der Waals surface area (Å²) in [4.78, 5) is 13.0. The largest absolute Gasteiger partial charge is 0.490 e. The van der Waals surface area contributed by atoms with E-state index in [0.717, 1.165) is 12.0 Å². The molecule has 2 aromatic carbocycles. The number of fused-ring (bicyclic) bond motifs is 1. The molecule has 0 radical (unpaired) electrons. The van der Waals surface area contributed by atoms with E-state index < -0.39 is 22.0 Å². The van der Waals surface area contributed by atoms with Crippen LogP contribution >= 0.6 is 0 Å². The first kappa shape index (κ1) is 25.0. The standard InChI is InChI=1S/C24H32N2O6S/c1-16(2)23(24(27)25-19-8-5-7-18(13-19)15-32-17(3)4)26-33(28,29)20-9-10-21-22(14-20)31-12-6-11-30-21/h5,7-10,13-14,16-17,23,26H,6,11-12,15H2,1-4H3,(H,25,27). The van der Waals surface area contributed by atoms with Crippen LogP contribution in [0.5, 0.6) is 11.5 Å². The molecule has 1 atom stereocenters. The molecule has 1 amide bonds. The summed E-state index contributed by atoms with van der Waals surface area (Å²) in [6.07, 6.45) is 0.808. The highest BCUT2D eigenvalue weighted by Gasteiger charge is 2.29. The Hall–Kier alpha value is -2.62. The van der Waals surface area contributed by atoms with Gasteiger partial charge in [-0.05, 0) is 49.6 Å². The Morgan fingerprint density at radius 3 is 2.45 bits per heavy atom. The smallest absolute Gasteiger partial charge is 0.242 e. The number of rotatable bonds is 9. The van der Waals surface area contributed by atoms with Crippen LogP contribution in [0.15, 0.2) is 47.4 Å². The minimum atomic E-state index is -3.98. The van der Waals surface area contributed by atoms with Gasteiger partial charge in [0.2, 0.25) is 15.9 Å². The molecule has 1 unspecified atom stereocenters. The van der Waals surface area contributed by atoms with Crippen molar-refractivity contribution < 1.29 is 27.4 Å². The molecule has 0 bridgehead atoms. The lowest BCUT2D eigenvalue weighted by Gasteiger charge is -2.22. The van der Waals surface area contributed by atoms with E-state index in [1.165, 1.54) is 12.1 Å². The van der Waals surface area contributed by atoms with E-state index in [1.54, 1.807) is 26.0 Å². The molecule has 0 aromatic heterocycles. The quantitative estimate of drug-likeness (QED) is 0.572. The topological polar surface area (TPSA) is 103 Å². The summed E-state index contributed by atoms with van der Waals surface area (Å²) in [6.45, 7) is 8.86. The Morgan fingerprint density at radius 1 is 1.03 bits per heavy atom. The predicted molar refractivity (Wildman–Crippen MR) is 126 cm³/mol. The van der Waals surface area contributed by atoms with Crippen molar-refractivity contribution in [3.63, 3.8) is 0 Å². The third-order valence-electron chi connectivity index (χ3n) is 5.04. The Morgan fingerprint density at radius 2 is 1.76 bits per heavy atom. The fraction of sp³-hybridized carbons (Fsp3) is 0.458. The van der Waals surface area contributed by atoms with E-state index in [9.17, 15) is 13.2 Å². The van der Waals surface area contributed by atoms with E-state index in [0.29, 0.717) is 37.0 Å². The lowest BCUT2D eigenvalue weighted by atomic mass is 10.0. The number of ether oxygens (including phenoxy) is 3. The number of anilines is 1. The van der Waals surface area contributed by atoms with E-state index in [-0.39, 0.29) is 16.9 Å². The van der Waals surface area contributed by atoms with E-state index >= 15 is 0 Å². The second-order valence-electron chi connectivity index (χ2n) is 8.55. The highest BCUT2D eigenvalue weighted by Crippen LogP contribution is 2.32. The van der Waals surface area contributed by atoms with Crippen LogP contribution in [0.1, 0.15) is 39.7 Å². The Bertz CT molecular complexity index is 1070. The fourth-order valence-corrected chi connectivity index (χ4v) is 4.62. The zero-order chi connectivity index (χ0) is 24.0. The number of benzene rings is 2. The van der Waals surface area contributed by atoms with Crippen molar-refractivity contribution >= 4 is 21.6 Å². The van der Waals surface area contributed by atoms with Crippen LogP contribution in [0.3, 0.4) is 0 Å². The van der Waals surface area contributed by atoms with Crippen molar-refractivity contribution in [1.29, 1.82) is 0 Å². The van der Waals surface area contributed by atoms with Gasteiger partial charge < -0.3 is 19.5 Å². The summed E-state index contributed by atoms with van der Waals surface area (Å²) in [7, 11) is -3.98. The van der Waals surface area contributed by atoms with Crippen molar-refractivity contribution in [3.8, 4) is 11.5 Å². The van der Waals surface area contributed by atoms with Gasteiger partial charge >= 0.3 is 0 Å². The third kappa shape index (κ3) is 6.93. The molecule has 2 N–H and O–H groups in total. The van der Waals surface area contributed by atoms with Crippen LogP contribution in [-0.2, 0) is 26.2 Å². The first-order valence-corrected chi connectivity index (χ1v) is 12.6. The molecule has 0 fully saturated rings. The Kier molecular flexibility index (Phi) is 8.34. The molecular formula is C24H32N2O6S. The van der Waals surface area contributed by atoms with E-state index in [2.05, 4.69) is 10.0 Å². The molecule has 1 aliphatic heterocycles. The molecule has 180 valence electrons. The zero-order valence-electron chi connectivity index (χ0n) is 19.5. The number of carbonyl (C=O) groups excluding carboxylic acids is 1. The molecule has 1 aliphatic rings. The van der Waals surface area contributed by atoms with Crippen molar-refractivity contribution in [2.24, 2.45) is 5.92 Å². The van der Waals surface area contributed by atoms with Crippen LogP contribution in [0.4, 0.5) is 5.69 Å². The van der Waals surface area contributed by atoms with Crippen molar-refractivity contribution in [1.82, 2.24) is 4.72 Å². The summed E-state index contributed by atoms with van der Waals surface area (Å²) in [5.41, 5.74) is 1.49. The van der Waals surface area contributed by atoms with Crippen LogP contribution in [0, 0.1) is 5.92 Å². The molecule has 9 heteroatoms. The maximum absolute atomic E-state index is 13.1. The average Bonchev–Trinajstić information content (AvgIpc) is 3.01. The maximum atomic E-state index is 13.1. The number of hydrogen-bond donors (Lipinski definition) is 2. The van der Waals surface area contributed by atoms with Gasteiger partial charge in [-0.15, -0.1) is 0 Å². The number of hydrogen-bond acceptors (Lipinski definition) is 6. The molecule has 2 aromatic rings. The summed E-state index contributed by atoms with van der Waals surface area (Å²) < 4.78 is 45.5. The van der Waals surface area contributed by atoms with Crippen LogP contribution in [0.2, 0.25) is 0 Å². The van der Waals surface area contributed by atoms with Gasteiger partial charge in [0, 0.05) is 18.2 Å². The molecule has 3 rings (SSSR count). The number of amides is 1. The van der Waals surface area contributed by atoms with Gasteiger partial charge in [0.1, 0.15) is 6.04 Å². The van der Waals surface area contributed by atoms with Gasteiger partial charge in [0.05, 0.1) is 30.8 Å². The lowest BCUT2D eigenvalue weighted by molar-refractivity contribution is -0.118. The average molecular weight is 477 g/mol. The summed E-state index contributed by atoms with van der Waals surface area (Å²) in [5.74, 6) is 0.157. The highest BCUT2D eigenvalue weighted by atomic mass is 32.2. The molecule has 1 heterocycles. The fourth-order valence-electron chi connectivity index (χ4n) is 3.26. The number of carbonyl (C=O) groups is 1. The minimum Gasteiger partial charge on any atom is -0.490 e. The summed E-state index contributed by atoms with van der Waals surface area (Å²) >= 11 is 0. The van der Waals surface area contributed by atoms with Crippen molar-refractivity contribution in [3.05, 3.63) is 48.0 Å². The molecular weight excluding hydrogens is 444 g/mol. The first-order valence-electron chi connectivity index (χ1n) is 11.1. The second kappa shape index (κ2) is 11.0. The van der Waals surface area contributed by atoms with Crippen molar-refractivity contribution in [2.45, 2.75) is 57.8 Å². The molecule has 8 nitrogen and oxygen atoms in total. The van der Waals surface area contributed by atoms with Crippen LogP contribution < -0.4 is 19.5 Å². The minimum absolute atomic E-state index is 0.0121. The monoisotopic (exact) mass is 476 g/mol. The molecule has 0 saturated heterocycles. The van der Waals surface area contributed by atoms with E-state index in [1.807, 2.05) is 32.0 Å². The normalized spacial score (nSPS) is 14.7. The van der Waals surface area contributed by atoms with Gasteiger partial charge in [-0.25, -0.2) is 8.42 Å². The molecule has 0 saturated carbocycles. The van der Waals surface area contributed by atoms with Crippen molar-refractivity contribution in [2.75, 3.05) is 18.5 Å². The first-order chi connectivity index (χ1) is 15.7. The van der Waals surface area contributed by atoms with E-state index in [4.69, 9.17) is 14.2 Å². The lowest BCUT2D eigenvalue weighted by Crippen LogP contribution is -2.47. The van der Waals surface area contributed by atoms with Gasteiger partial charge in [-0.3, -0.25) is 4.79 Å². The molecule has 33 heavy (non-hydrogen) atoms. The Balaban J connectivity index is 1.74. The summed E-state index contributed by atoms with van der Waals surface area (Å²) in [6, 6.07) is 10.8. The summed E-state index contributed by atoms with van der Waals surface area (Å²) in [5, 5.41) is 2.82. The highest BCUT2D eigenvalue weighted by molar-refractivity contribution is 7.89. The SMILES string of the molecule is CC(C)OCc1cccc(NC(=O)C(NS(=O)(=O)c2ccc3c(c2)OCCCO3)C(C)C)c1. The van der Waals surface area contributed by atoms with Gasteiger partial charge in [-0.1, -0.05) is 26.0 Å². The van der Waals surface area contributed by atoms with Crippen LogP contribution in [0.25, 0.3) is 0 Å². The maximum Gasteiger partial charge on any atom is 0.242 e. The zero-order valence-corrected chi connectivity index (χ0v) is 20.3. The molecule has 0 spiro atoms. The number of nitrogens with one attached hydrogen (secondary N) is 2.